The van der Waals surface area contributed by atoms with Crippen molar-refractivity contribution in [3.8, 4) is 5.75 Å². The van der Waals surface area contributed by atoms with E-state index in [4.69, 9.17) is 16.3 Å². The Labute approximate surface area is 195 Å². The van der Waals surface area contributed by atoms with E-state index in [-0.39, 0.29) is 17.9 Å². The van der Waals surface area contributed by atoms with Gasteiger partial charge >= 0.3 is 0 Å². The van der Waals surface area contributed by atoms with Crippen LogP contribution in [0.25, 0.3) is 5.76 Å². The fourth-order valence-corrected chi connectivity index (χ4v) is 4.06. The summed E-state index contributed by atoms with van der Waals surface area (Å²) < 4.78 is 18.9. The minimum atomic E-state index is -0.817. The molecule has 1 fully saturated rings. The van der Waals surface area contributed by atoms with Crippen molar-refractivity contribution in [2.45, 2.75) is 19.5 Å². The predicted octanol–water partition coefficient (Wildman–Crippen LogP) is 5.50. The average Bonchev–Trinajstić information content (AvgIpc) is 3.07. The summed E-state index contributed by atoms with van der Waals surface area (Å²) in [5, 5.41) is 11.5. The molecule has 168 valence electrons. The Hall–Kier alpha value is -3.64. The number of benzene rings is 3. The van der Waals surface area contributed by atoms with Crippen LogP contribution in [0.3, 0.4) is 0 Å². The summed E-state index contributed by atoms with van der Waals surface area (Å²) in [6, 6.07) is 18.6. The largest absolute Gasteiger partial charge is 0.507 e. The number of Topliss-reactive ketones (excluding diaryl/α,β-unsaturated/α-hetero) is 1. The molecule has 1 N–H and O–H groups in total. The molecule has 0 spiro atoms. The molecule has 0 radical (unpaired) electrons. The number of hydrogen-bond donors (Lipinski definition) is 1. The second kappa shape index (κ2) is 9.46. The maximum absolute atomic E-state index is 13.4. The third-order valence-corrected chi connectivity index (χ3v) is 5.74. The zero-order valence-corrected chi connectivity index (χ0v) is 18.6. The van der Waals surface area contributed by atoms with Crippen molar-refractivity contribution in [1.82, 2.24) is 4.90 Å². The first-order valence-corrected chi connectivity index (χ1v) is 10.8. The Balaban J connectivity index is 1.83. The van der Waals surface area contributed by atoms with E-state index < -0.39 is 23.5 Å². The number of hydrogen-bond acceptors (Lipinski definition) is 4. The van der Waals surface area contributed by atoms with Crippen molar-refractivity contribution in [2.75, 3.05) is 6.61 Å². The summed E-state index contributed by atoms with van der Waals surface area (Å²) >= 11 is 6.16. The van der Waals surface area contributed by atoms with E-state index in [0.29, 0.717) is 34.1 Å². The molecule has 3 aromatic rings. The lowest BCUT2D eigenvalue weighted by atomic mass is 9.95. The monoisotopic (exact) mass is 465 g/mol. The minimum absolute atomic E-state index is 0.0296. The SMILES string of the molecule is CCOc1cc(/C(O)=C2/C(=O)C(=O)N(Cc3ccc(F)cc3)C2c2ccccc2)ccc1Cl. The van der Waals surface area contributed by atoms with Crippen molar-refractivity contribution in [1.29, 1.82) is 0 Å². The van der Waals surface area contributed by atoms with Gasteiger partial charge in [0.15, 0.2) is 0 Å². The van der Waals surface area contributed by atoms with Crippen LogP contribution in [-0.4, -0.2) is 28.3 Å². The maximum Gasteiger partial charge on any atom is 0.295 e. The summed E-state index contributed by atoms with van der Waals surface area (Å²) in [4.78, 5) is 27.5. The molecule has 0 bridgehead atoms. The lowest BCUT2D eigenvalue weighted by Crippen LogP contribution is -2.29. The molecule has 1 heterocycles. The van der Waals surface area contributed by atoms with Gasteiger partial charge in [-0.1, -0.05) is 54.1 Å². The molecule has 0 aliphatic carbocycles. The molecule has 1 amide bonds. The predicted molar refractivity (Wildman–Crippen MR) is 123 cm³/mol. The van der Waals surface area contributed by atoms with E-state index in [9.17, 15) is 19.1 Å². The van der Waals surface area contributed by atoms with Crippen molar-refractivity contribution in [2.24, 2.45) is 0 Å². The molecule has 33 heavy (non-hydrogen) atoms. The van der Waals surface area contributed by atoms with Crippen LogP contribution in [0, 0.1) is 5.82 Å². The van der Waals surface area contributed by atoms with Crippen molar-refractivity contribution in [3.63, 3.8) is 0 Å². The van der Waals surface area contributed by atoms with Crippen LogP contribution in [-0.2, 0) is 16.1 Å². The first-order chi connectivity index (χ1) is 15.9. The topological polar surface area (TPSA) is 66.8 Å². The molecule has 1 aliphatic heterocycles. The van der Waals surface area contributed by atoms with E-state index in [2.05, 4.69) is 0 Å². The lowest BCUT2D eigenvalue weighted by Gasteiger charge is -2.25. The number of likely N-dealkylation sites (tertiary alicyclic amines) is 1. The molecule has 3 aromatic carbocycles. The van der Waals surface area contributed by atoms with Gasteiger partial charge in [0.2, 0.25) is 0 Å². The average molecular weight is 466 g/mol. The lowest BCUT2D eigenvalue weighted by molar-refractivity contribution is -0.140. The zero-order valence-electron chi connectivity index (χ0n) is 17.8. The molecule has 0 saturated carbocycles. The van der Waals surface area contributed by atoms with Crippen molar-refractivity contribution >= 4 is 29.1 Å². The molecule has 1 unspecified atom stereocenters. The normalized spacial score (nSPS) is 17.4. The van der Waals surface area contributed by atoms with Gasteiger partial charge < -0.3 is 14.7 Å². The molecule has 1 saturated heterocycles. The number of ketones is 1. The van der Waals surface area contributed by atoms with Crippen LogP contribution in [0.1, 0.15) is 29.7 Å². The summed E-state index contributed by atoms with van der Waals surface area (Å²) in [7, 11) is 0. The van der Waals surface area contributed by atoms with Gasteiger partial charge in [0, 0.05) is 12.1 Å². The number of carbonyl (C=O) groups excluding carboxylic acids is 2. The van der Waals surface area contributed by atoms with Gasteiger partial charge in [-0.15, -0.1) is 0 Å². The van der Waals surface area contributed by atoms with E-state index in [1.54, 1.807) is 55.5 Å². The molecular weight excluding hydrogens is 445 g/mol. The minimum Gasteiger partial charge on any atom is -0.507 e. The zero-order chi connectivity index (χ0) is 23.5. The summed E-state index contributed by atoms with van der Waals surface area (Å²) in [6.07, 6.45) is 0. The summed E-state index contributed by atoms with van der Waals surface area (Å²) in [6.45, 7) is 2.25. The van der Waals surface area contributed by atoms with Gasteiger partial charge in [0.25, 0.3) is 11.7 Å². The number of aliphatic hydroxyl groups is 1. The highest BCUT2D eigenvalue weighted by Gasteiger charge is 2.46. The number of aliphatic hydroxyl groups excluding tert-OH is 1. The maximum atomic E-state index is 13.4. The Morgan fingerprint density at radius 1 is 1.06 bits per heavy atom. The Morgan fingerprint density at radius 3 is 2.42 bits per heavy atom. The second-order valence-corrected chi connectivity index (χ2v) is 7.95. The van der Waals surface area contributed by atoms with Gasteiger partial charge in [-0.25, -0.2) is 4.39 Å². The highest BCUT2D eigenvalue weighted by molar-refractivity contribution is 6.46. The third kappa shape index (κ3) is 4.47. The molecule has 7 heteroatoms. The summed E-state index contributed by atoms with van der Waals surface area (Å²) in [5.41, 5.74) is 1.60. The number of carbonyl (C=O) groups is 2. The van der Waals surface area contributed by atoms with E-state index in [0.717, 1.165) is 0 Å². The Morgan fingerprint density at radius 2 is 1.76 bits per heavy atom. The van der Waals surface area contributed by atoms with Crippen LogP contribution in [0.2, 0.25) is 5.02 Å². The van der Waals surface area contributed by atoms with Crippen LogP contribution < -0.4 is 4.74 Å². The van der Waals surface area contributed by atoms with Crippen LogP contribution in [0.4, 0.5) is 4.39 Å². The van der Waals surface area contributed by atoms with E-state index in [1.807, 2.05) is 6.07 Å². The van der Waals surface area contributed by atoms with Crippen LogP contribution in [0.15, 0.2) is 78.4 Å². The molecule has 0 aromatic heterocycles. The van der Waals surface area contributed by atoms with Gasteiger partial charge in [0.05, 0.1) is 23.2 Å². The fraction of sp³-hybridized carbons (Fsp3) is 0.154. The smallest absolute Gasteiger partial charge is 0.295 e. The number of amides is 1. The highest BCUT2D eigenvalue weighted by Crippen LogP contribution is 2.41. The van der Waals surface area contributed by atoms with E-state index in [1.165, 1.54) is 23.1 Å². The molecule has 1 aliphatic rings. The van der Waals surface area contributed by atoms with E-state index >= 15 is 0 Å². The standard InChI is InChI=1S/C26H21ClFNO4/c1-2-33-21-14-18(10-13-20(21)27)24(30)22-23(17-6-4-3-5-7-17)29(26(32)25(22)31)15-16-8-11-19(28)12-9-16/h3-14,23,30H,2,15H2,1H3/b24-22-. The van der Waals surface area contributed by atoms with Gasteiger partial charge in [-0.3, -0.25) is 9.59 Å². The van der Waals surface area contributed by atoms with Gasteiger partial charge in [-0.2, -0.15) is 0 Å². The quantitative estimate of drug-likeness (QED) is 0.296. The fourth-order valence-electron chi connectivity index (χ4n) is 3.88. The number of rotatable bonds is 6. The first-order valence-electron chi connectivity index (χ1n) is 10.4. The number of ether oxygens (including phenoxy) is 1. The van der Waals surface area contributed by atoms with Crippen molar-refractivity contribution < 1.29 is 23.8 Å². The Kier molecular flexibility index (Phi) is 6.47. The number of nitrogens with zero attached hydrogens (tertiary/aromatic N) is 1. The molecule has 1 atom stereocenters. The highest BCUT2D eigenvalue weighted by atomic mass is 35.5. The van der Waals surface area contributed by atoms with Gasteiger partial charge in [0.1, 0.15) is 17.3 Å². The van der Waals surface area contributed by atoms with Crippen LogP contribution >= 0.6 is 11.6 Å². The summed E-state index contributed by atoms with van der Waals surface area (Å²) in [5.74, 6) is -1.89. The molecule has 4 rings (SSSR count). The second-order valence-electron chi connectivity index (χ2n) is 7.54. The third-order valence-electron chi connectivity index (χ3n) is 5.43. The number of halogens is 2. The van der Waals surface area contributed by atoms with Crippen LogP contribution in [0.5, 0.6) is 5.75 Å². The molecule has 5 nitrogen and oxygen atoms in total. The van der Waals surface area contributed by atoms with Gasteiger partial charge in [-0.05, 0) is 48.4 Å². The van der Waals surface area contributed by atoms with Crippen molar-refractivity contribution in [3.05, 3.63) is 106 Å². The Bertz CT molecular complexity index is 1220. The molecular formula is C26H21ClFNO4. The first kappa shape index (κ1) is 22.6.